The van der Waals surface area contributed by atoms with Crippen molar-refractivity contribution >= 4 is 11.0 Å². The lowest BCUT2D eigenvalue weighted by Gasteiger charge is -2.32. The summed E-state index contributed by atoms with van der Waals surface area (Å²) in [5, 5.41) is 0. The second kappa shape index (κ2) is 4.39. The zero-order valence-corrected chi connectivity index (χ0v) is 11.0. The number of nitrogens with two attached hydrogens (primary N) is 1. The Balaban J connectivity index is 1.88. The van der Waals surface area contributed by atoms with Gasteiger partial charge in [0.15, 0.2) is 0 Å². The number of fused-ring (bicyclic) bond motifs is 1. The molecule has 0 unspecified atom stereocenters. The van der Waals surface area contributed by atoms with Crippen LogP contribution >= 0.6 is 0 Å². The highest BCUT2D eigenvalue weighted by Crippen LogP contribution is 2.29. The van der Waals surface area contributed by atoms with E-state index in [1.54, 1.807) is 0 Å². The molecule has 0 spiro atoms. The first-order valence-corrected chi connectivity index (χ1v) is 6.89. The molecular weight excluding hydrogens is 222 g/mol. The molecule has 1 heterocycles. The highest BCUT2D eigenvalue weighted by molar-refractivity contribution is 5.78. The number of hydrogen-bond donors (Lipinski definition) is 2. The average Bonchev–Trinajstić information content (AvgIpc) is 2.73. The lowest BCUT2D eigenvalue weighted by molar-refractivity contribution is 0.290. The van der Waals surface area contributed by atoms with Crippen LogP contribution in [0.5, 0.6) is 0 Å². The van der Waals surface area contributed by atoms with Crippen LogP contribution in [-0.4, -0.2) is 15.5 Å². The van der Waals surface area contributed by atoms with Gasteiger partial charge in [-0.15, -0.1) is 0 Å². The summed E-state index contributed by atoms with van der Waals surface area (Å²) >= 11 is 0. The molecule has 0 radical (unpaired) electrons. The summed E-state index contributed by atoms with van der Waals surface area (Å²) in [7, 11) is 0. The normalized spacial score (nSPS) is 19.2. The fourth-order valence-corrected chi connectivity index (χ4v) is 3.08. The Morgan fingerprint density at radius 3 is 2.78 bits per heavy atom. The summed E-state index contributed by atoms with van der Waals surface area (Å²) in [5.74, 6) is 1.05. The smallest absolute Gasteiger partial charge is 0.109 e. The van der Waals surface area contributed by atoms with Crippen LogP contribution in [0.3, 0.4) is 0 Å². The molecule has 0 bridgehead atoms. The zero-order valence-electron chi connectivity index (χ0n) is 11.0. The van der Waals surface area contributed by atoms with Crippen LogP contribution in [0.25, 0.3) is 11.0 Å². The maximum Gasteiger partial charge on any atom is 0.109 e. The Kier molecular flexibility index (Phi) is 2.86. The molecule has 3 rings (SSSR count). The summed E-state index contributed by atoms with van der Waals surface area (Å²) < 4.78 is 0. The number of imidazole rings is 1. The van der Waals surface area contributed by atoms with Crippen molar-refractivity contribution in [1.82, 2.24) is 9.97 Å². The zero-order chi connectivity index (χ0) is 12.6. The van der Waals surface area contributed by atoms with E-state index in [1.807, 2.05) is 0 Å². The first-order chi connectivity index (χ1) is 8.66. The highest BCUT2D eigenvalue weighted by atomic mass is 14.9. The number of para-hydroxylation sites is 1. The van der Waals surface area contributed by atoms with E-state index in [9.17, 15) is 0 Å². The van der Waals surface area contributed by atoms with Gasteiger partial charge in [0.05, 0.1) is 11.0 Å². The molecule has 1 fully saturated rings. The second-order valence-electron chi connectivity index (χ2n) is 5.75. The number of nitrogens with zero attached hydrogens (tertiary/aromatic N) is 1. The fourth-order valence-electron chi connectivity index (χ4n) is 3.08. The van der Waals surface area contributed by atoms with Gasteiger partial charge in [-0.2, -0.15) is 0 Å². The van der Waals surface area contributed by atoms with Crippen LogP contribution in [0.1, 0.15) is 43.5 Å². The average molecular weight is 243 g/mol. The molecule has 1 aliphatic carbocycles. The van der Waals surface area contributed by atoms with Crippen molar-refractivity contribution in [2.45, 2.75) is 51.0 Å². The van der Waals surface area contributed by atoms with Crippen LogP contribution in [0.15, 0.2) is 18.2 Å². The van der Waals surface area contributed by atoms with Crippen molar-refractivity contribution < 1.29 is 0 Å². The summed E-state index contributed by atoms with van der Waals surface area (Å²) in [6.07, 6.45) is 6.98. The number of H-pyrrole nitrogens is 1. The number of aryl methyl sites for hydroxylation is 1. The Bertz CT molecular complexity index is 550. The van der Waals surface area contributed by atoms with Gasteiger partial charge < -0.3 is 10.7 Å². The van der Waals surface area contributed by atoms with Gasteiger partial charge in [-0.3, -0.25) is 0 Å². The molecular formula is C15H21N3. The first kappa shape index (κ1) is 11.7. The highest BCUT2D eigenvalue weighted by Gasteiger charge is 2.28. The van der Waals surface area contributed by atoms with E-state index < -0.39 is 0 Å². The van der Waals surface area contributed by atoms with Gasteiger partial charge in [-0.25, -0.2) is 4.98 Å². The Labute approximate surface area is 108 Å². The minimum Gasteiger partial charge on any atom is -0.342 e. The molecule has 1 aromatic heterocycles. The molecule has 18 heavy (non-hydrogen) atoms. The standard InChI is InChI=1S/C15H21N3/c1-11-6-5-7-12-14(11)18-13(17-12)10-15(16)8-3-2-4-9-15/h5-7H,2-4,8-10,16H2,1H3,(H,17,18). The van der Waals surface area contributed by atoms with Crippen LogP contribution in [0, 0.1) is 6.92 Å². The van der Waals surface area contributed by atoms with Crippen LogP contribution in [0.4, 0.5) is 0 Å². The van der Waals surface area contributed by atoms with Gasteiger partial charge in [0.2, 0.25) is 0 Å². The summed E-state index contributed by atoms with van der Waals surface area (Å²) in [4.78, 5) is 8.13. The topological polar surface area (TPSA) is 54.7 Å². The molecule has 3 nitrogen and oxygen atoms in total. The molecule has 96 valence electrons. The number of aromatic nitrogens is 2. The van der Waals surface area contributed by atoms with E-state index in [1.165, 1.54) is 24.8 Å². The Morgan fingerprint density at radius 1 is 1.28 bits per heavy atom. The molecule has 0 atom stereocenters. The summed E-state index contributed by atoms with van der Waals surface area (Å²) in [5.41, 5.74) is 9.89. The number of aromatic amines is 1. The van der Waals surface area contributed by atoms with E-state index >= 15 is 0 Å². The van der Waals surface area contributed by atoms with Gasteiger partial charge in [0.25, 0.3) is 0 Å². The molecule has 3 heteroatoms. The predicted molar refractivity (Wildman–Crippen MR) is 74.5 cm³/mol. The van der Waals surface area contributed by atoms with Gasteiger partial charge in [0.1, 0.15) is 5.82 Å². The minimum atomic E-state index is -0.0416. The van der Waals surface area contributed by atoms with Crippen LogP contribution in [-0.2, 0) is 6.42 Å². The second-order valence-corrected chi connectivity index (χ2v) is 5.75. The van der Waals surface area contributed by atoms with Gasteiger partial charge in [-0.1, -0.05) is 31.4 Å². The maximum absolute atomic E-state index is 6.49. The minimum absolute atomic E-state index is 0.0416. The van der Waals surface area contributed by atoms with E-state index in [4.69, 9.17) is 10.7 Å². The summed E-state index contributed by atoms with van der Waals surface area (Å²) in [6, 6.07) is 6.26. The summed E-state index contributed by atoms with van der Waals surface area (Å²) in [6.45, 7) is 2.10. The lowest BCUT2D eigenvalue weighted by atomic mass is 9.80. The van der Waals surface area contributed by atoms with E-state index in [2.05, 4.69) is 30.1 Å². The quantitative estimate of drug-likeness (QED) is 0.851. The number of benzene rings is 1. The monoisotopic (exact) mass is 243 g/mol. The predicted octanol–water partition coefficient (Wildman–Crippen LogP) is 3.08. The molecule has 1 saturated carbocycles. The first-order valence-electron chi connectivity index (χ1n) is 6.89. The molecule has 1 aliphatic rings. The molecule has 2 aromatic rings. The number of hydrogen-bond acceptors (Lipinski definition) is 2. The Morgan fingerprint density at radius 2 is 2.06 bits per heavy atom. The lowest BCUT2D eigenvalue weighted by Crippen LogP contribution is -2.44. The SMILES string of the molecule is Cc1cccc2[nH]c(CC3(N)CCCCC3)nc12. The molecule has 0 amide bonds. The largest absolute Gasteiger partial charge is 0.342 e. The number of nitrogens with one attached hydrogen (secondary N) is 1. The van der Waals surface area contributed by atoms with Gasteiger partial charge in [0, 0.05) is 12.0 Å². The van der Waals surface area contributed by atoms with Crippen molar-refractivity contribution in [2.24, 2.45) is 5.73 Å². The molecule has 0 aliphatic heterocycles. The van der Waals surface area contributed by atoms with Crippen molar-refractivity contribution in [3.05, 3.63) is 29.6 Å². The maximum atomic E-state index is 6.49. The number of rotatable bonds is 2. The van der Waals surface area contributed by atoms with Crippen molar-refractivity contribution in [3.63, 3.8) is 0 Å². The van der Waals surface area contributed by atoms with E-state index in [0.29, 0.717) is 0 Å². The van der Waals surface area contributed by atoms with Gasteiger partial charge in [-0.05, 0) is 31.4 Å². The fraction of sp³-hybridized carbons (Fsp3) is 0.533. The van der Waals surface area contributed by atoms with Crippen molar-refractivity contribution in [1.29, 1.82) is 0 Å². The third-order valence-electron chi connectivity index (χ3n) is 4.13. The van der Waals surface area contributed by atoms with Crippen LogP contribution in [0.2, 0.25) is 0 Å². The molecule has 3 N–H and O–H groups in total. The van der Waals surface area contributed by atoms with Crippen LogP contribution < -0.4 is 5.73 Å². The third-order valence-corrected chi connectivity index (χ3v) is 4.13. The van der Waals surface area contributed by atoms with Crippen molar-refractivity contribution in [2.75, 3.05) is 0 Å². The van der Waals surface area contributed by atoms with Crippen molar-refractivity contribution in [3.8, 4) is 0 Å². The molecule has 0 saturated heterocycles. The Hall–Kier alpha value is -1.35. The van der Waals surface area contributed by atoms with E-state index in [0.717, 1.165) is 36.1 Å². The third kappa shape index (κ3) is 2.15. The van der Waals surface area contributed by atoms with E-state index in [-0.39, 0.29) is 5.54 Å². The van der Waals surface area contributed by atoms with Gasteiger partial charge >= 0.3 is 0 Å². The molecule has 1 aromatic carbocycles.